The van der Waals surface area contributed by atoms with Crippen LogP contribution < -0.4 is 4.89 Å². The van der Waals surface area contributed by atoms with Crippen molar-refractivity contribution in [2.24, 2.45) is 0 Å². The fourth-order valence-corrected chi connectivity index (χ4v) is 6.86. The predicted molar refractivity (Wildman–Crippen MR) is 240 cm³/mol. The molecule has 0 amide bonds. The van der Waals surface area contributed by atoms with Crippen LogP contribution in [0.1, 0.15) is 194 Å². The number of phosphoric acid groups is 1. The molecule has 9 nitrogen and oxygen atoms in total. The Labute approximate surface area is 356 Å². The maximum Gasteiger partial charge on any atom is 0.306 e. The first-order valence-corrected chi connectivity index (χ1v) is 24.8. The average Bonchev–Trinajstić information content (AvgIpc) is 3.17. The number of unbranched alkanes of at least 4 members (excludes halogenated alkanes) is 20. The maximum atomic E-state index is 12.7. The van der Waals surface area contributed by atoms with Gasteiger partial charge in [-0.25, -0.2) is 0 Å². The molecule has 0 aliphatic rings. The van der Waals surface area contributed by atoms with Crippen LogP contribution in [-0.4, -0.2) is 70.0 Å². The van der Waals surface area contributed by atoms with Crippen molar-refractivity contribution in [3.05, 3.63) is 48.6 Å². The van der Waals surface area contributed by atoms with E-state index in [-0.39, 0.29) is 26.1 Å². The lowest BCUT2D eigenvalue weighted by Gasteiger charge is -2.28. The van der Waals surface area contributed by atoms with Crippen molar-refractivity contribution in [1.82, 2.24) is 0 Å². The lowest BCUT2D eigenvalue weighted by Crippen LogP contribution is -2.37. The zero-order valence-electron chi connectivity index (χ0n) is 38.0. The molecule has 0 aromatic carbocycles. The zero-order chi connectivity index (χ0) is 42.8. The molecule has 0 bridgehead atoms. The van der Waals surface area contributed by atoms with Gasteiger partial charge in [0.05, 0.1) is 27.7 Å². The Kier molecular flexibility index (Phi) is 39.0. The molecule has 1 unspecified atom stereocenters. The van der Waals surface area contributed by atoms with Gasteiger partial charge in [-0.15, -0.1) is 0 Å². The summed E-state index contributed by atoms with van der Waals surface area (Å²) >= 11 is 0. The number of likely N-dealkylation sites (N-methyl/N-ethyl adjacent to an activating group) is 1. The quantitative estimate of drug-likeness (QED) is 0.0196. The maximum absolute atomic E-state index is 12.7. The monoisotopic (exact) mass is 838 g/mol. The Hall–Kier alpha value is -2.03. The number of hydrogen-bond donors (Lipinski definition) is 0. The Bertz CT molecular complexity index is 1130. The average molecular weight is 838 g/mol. The lowest BCUT2D eigenvalue weighted by atomic mass is 10.1. The van der Waals surface area contributed by atoms with Gasteiger partial charge < -0.3 is 27.9 Å². The molecule has 2 atom stereocenters. The molecule has 0 radical (unpaired) electrons. The number of phosphoric ester groups is 1. The van der Waals surface area contributed by atoms with Crippen LogP contribution in [0.3, 0.4) is 0 Å². The van der Waals surface area contributed by atoms with Gasteiger partial charge in [0.25, 0.3) is 7.82 Å². The smallest absolute Gasteiger partial charge is 0.306 e. The van der Waals surface area contributed by atoms with Gasteiger partial charge >= 0.3 is 11.9 Å². The highest BCUT2D eigenvalue weighted by atomic mass is 31.2. The van der Waals surface area contributed by atoms with E-state index in [0.29, 0.717) is 23.9 Å². The highest BCUT2D eigenvalue weighted by Crippen LogP contribution is 2.38. The molecule has 0 heterocycles. The Morgan fingerprint density at radius 2 is 0.948 bits per heavy atom. The summed E-state index contributed by atoms with van der Waals surface area (Å²) in [5.74, 6) is -0.900. The Morgan fingerprint density at radius 3 is 1.45 bits per heavy atom. The molecule has 0 saturated heterocycles. The number of hydrogen-bond acceptors (Lipinski definition) is 8. The van der Waals surface area contributed by atoms with Crippen molar-refractivity contribution < 1.29 is 42.1 Å². The normalized spacial score (nSPS) is 14.0. The highest BCUT2D eigenvalue weighted by molar-refractivity contribution is 7.45. The van der Waals surface area contributed by atoms with Crippen LogP contribution in [0.15, 0.2) is 48.6 Å². The number of allylic oxidation sites excluding steroid dienone is 8. The van der Waals surface area contributed by atoms with Gasteiger partial charge in [0.15, 0.2) is 6.10 Å². The molecular weight excluding hydrogens is 750 g/mol. The molecule has 0 aliphatic heterocycles. The highest BCUT2D eigenvalue weighted by Gasteiger charge is 2.21. The van der Waals surface area contributed by atoms with E-state index in [1.807, 2.05) is 27.2 Å². The summed E-state index contributed by atoms with van der Waals surface area (Å²) in [6, 6.07) is 0. The second-order valence-corrected chi connectivity index (χ2v) is 18.2. The molecule has 0 saturated carbocycles. The fourth-order valence-electron chi connectivity index (χ4n) is 6.14. The zero-order valence-corrected chi connectivity index (χ0v) is 38.9. The van der Waals surface area contributed by atoms with Crippen LogP contribution in [0, 0.1) is 0 Å². The second kappa shape index (κ2) is 40.4. The minimum absolute atomic E-state index is 0.0416. The molecule has 0 rings (SSSR count). The molecule has 58 heavy (non-hydrogen) atoms. The second-order valence-electron chi connectivity index (χ2n) is 16.8. The van der Waals surface area contributed by atoms with Gasteiger partial charge in [-0.2, -0.15) is 0 Å². The molecule has 0 aromatic rings. The number of ether oxygens (including phenoxy) is 2. The fraction of sp³-hybridized carbons (Fsp3) is 0.792. The molecule has 0 aliphatic carbocycles. The number of nitrogens with zero attached hydrogens (tertiary/aromatic N) is 1. The minimum atomic E-state index is -4.64. The SMILES string of the molecule is CCCCCCCC/C=C\C/C=C\C/C=C\CCCC(=O)O[C@H](COC(=O)CCCCCCCCC/C=C\CCCCCCCC)COP(=O)([O-])OCC[N+](C)(C)C. The predicted octanol–water partition coefficient (Wildman–Crippen LogP) is 12.8. The van der Waals surface area contributed by atoms with E-state index in [4.69, 9.17) is 18.5 Å². The molecule has 10 heteroatoms. The third kappa shape index (κ3) is 43.5. The largest absolute Gasteiger partial charge is 0.756 e. The number of carbonyl (C=O) groups excluding carboxylic acids is 2. The van der Waals surface area contributed by atoms with Crippen LogP contribution >= 0.6 is 7.82 Å². The third-order valence-electron chi connectivity index (χ3n) is 9.82. The van der Waals surface area contributed by atoms with Crippen molar-refractivity contribution in [1.29, 1.82) is 0 Å². The number of carbonyl (C=O) groups is 2. The molecule has 0 aromatic heterocycles. The summed E-state index contributed by atoms with van der Waals surface area (Å²) in [7, 11) is 1.13. The first-order chi connectivity index (χ1) is 28.0. The van der Waals surface area contributed by atoms with Gasteiger partial charge in [-0.05, 0) is 70.6 Å². The van der Waals surface area contributed by atoms with Crippen LogP contribution in [0.5, 0.6) is 0 Å². The van der Waals surface area contributed by atoms with E-state index < -0.39 is 32.5 Å². The summed E-state index contributed by atoms with van der Waals surface area (Å²) in [4.78, 5) is 37.6. The van der Waals surface area contributed by atoms with Crippen molar-refractivity contribution in [3.8, 4) is 0 Å². The third-order valence-corrected chi connectivity index (χ3v) is 10.8. The van der Waals surface area contributed by atoms with E-state index in [1.54, 1.807) is 0 Å². The van der Waals surface area contributed by atoms with Crippen molar-refractivity contribution in [2.45, 2.75) is 200 Å². The van der Waals surface area contributed by atoms with E-state index >= 15 is 0 Å². The summed E-state index contributed by atoms with van der Waals surface area (Å²) < 4.78 is 33.9. The molecule has 0 fully saturated rings. The van der Waals surface area contributed by atoms with E-state index in [9.17, 15) is 19.0 Å². The van der Waals surface area contributed by atoms with Crippen LogP contribution in [-0.2, 0) is 32.7 Å². The van der Waals surface area contributed by atoms with Gasteiger partial charge in [-0.1, -0.05) is 159 Å². The van der Waals surface area contributed by atoms with Crippen molar-refractivity contribution in [3.63, 3.8) is 0 Å². The lowest BCUT2D eigenvalue weighted by molar-refractivity contribution is -0.870. The number of esters is 2. The summed E-state index contributed by atoms with van der Waals surface area (Å²) in [6.45, 7) is 4.16. The van der Waals surface area contributed by atoms with E-state index in [2.05, 4.69) is 56.4 Å². The standard InChI is InChI=1S/C48H88NO8P/c1-6-8-10-12-14-16-18-20-22-24-26-28-30-32-34-36-38-40-47(50)54-44-46(45-56-58(52,53)55-43-42-49(3,4)5)57-48(51)41-39-37-35-33-31-29-27-25-23-21-19-17-15-13-11-9-7-2/h20-23,27,29,33,35,46H,6-19,24-26,28,30-32,34,36-45H2,1-5H3/b22-20-,23-21-,29-27-,35-33-/t46-/m1/s1. The van der Waals surface area contributed by atoms with E-state index in [1.165, 1.54) is 103 Å². The number of rotatable bonds is 42. The molecule has 338 valence electrons. The van der Waals surface area contributed by atoms with Gasteiger partial charge in [0.1, 0.15) is 19.8 Å². The van der Waals surface area contributed by atoms with Gasteiger partial charge in [-0.3, -0.25) is 14.2 Å². The van der Waals surface area contributed by atoms with Crippen molar-refractivity contribution >= 4 is 19.8 Å². The van der Waals surface area contributed by atoms with Crippen LogP contribution in [0.2, 0.25) is 0 Å². The summed E-state index contributed by atoms with van der Waals surface area (Å²) in [5.41, 5.74) is 0. The Morgan fingerprint density at radius 1 is 0.534 bits per heavy atom. The summed E-state index contributed by atoms with van der Waals surface area (Å²) in [6.07, 6.45) is 47.2. The Balaban J connectivity index is 4.41. The molecule has 0 spiro atoms. The molecule has 0 N–H and O–H groups in total. The van der Waals surface area contributed by atoms with Gasteiger partial charge in [0, 0.05) is 12.8 Å². The van der Waals surface area contributed by atoms with Crippen LogP contribution in [0.4, 0.5) is 0 Å². The topological polar surface area (TPSA) is 111 Å². The first-order valence-electron chi connectivity index (χ1n) is 23.3. The molecular formula is C48H88NO8P. The summed E-state index contributed by atoms with van der Waals surface area (Å²) in [5, 5.41) is 0. The minimum Gasteiger partial charge on any atom is -0.756 e. The van der Waals surface area contributed by atoms with E-state index in [0.717, 1.165) is 51.4 Å². The van der Waals surface area contributed by atoms with Crippen LogP contribution in [0.25, 0.3) is 0 Å². The first kappa shape index (κ1) is 56.0. The van der Waals surface area contributed by atoms with Gasteiger partial charge in [0.2, 0.25) is 0 Å². The number of quaternary nitrogens is 1. The van der Waals surface area contributed by atoms with Crippen molar-refractivity contribution in [2.75, 3.05) is 47.5 Å².